The first kappa shape index (κ1) is 26.3. The van der Waals surface area contributed by atoms with Crippen molar-refractivity contribution < 1.29 is 9.53 Å². The zero-order valence-electron chi connectivity index (χ0n) is 22.3. The molecule has 1 saturated heterocycles. The van der Waals surface area contributed by atoms with Crippen molar-refractivity contribution in [3.8, 4) is 5.75 Å². The third-order valence-electron chi connectivity index (χ3n) is 7.78. The SMILES string of the molecule is CCCCCCOc1ccc(C(=O)Nc2ccc3[nH]cc(C4CCN(C(CC)CC)CC4)c3c2)cc1. The van der Waals surface area contributed by atoms with Crippen LogP contribution < -0.4 is 10.1 Å². The quantitative estimate of drug-likeness (QED) is 0.256. The average molecular weight is 490 g/mol. The van der Waals surface area contributed by atoms with E-state index in [2.05, 4.69) is 54.3 Å². The van der Waals surface area contributed by atoms with E-state index in [1.807, 2.05) is 30.3 Å². The fourth-order valence-electron chi connectivity index (χ4n) is 5.56. The van der Waals surface area contributed by atoms with Gasteiger partial charge in [0.2, 0.25) is 0 Å². The van der Waals surface area contributed by atoms with Crippen LogP contribution in [-0.2, 0) is 0 Å². The lowest BCUT2D eigenvalue weighted by molar-refractivity contribution is 0.102. The number of aromatic amines is 1. The van der Waals surface area contributed by atoms with Gasteiger partial charge in [0.25, 0.3) is 5.91 Å². The summed E-state index contributed by atoms with van der Waals surface area (Å²) in [6.07, 6.45) is 11.7. The normalized spacial score (nSPS) is 15.0. The number of amides is 1. The third-order valence-corrected chi connectivity index (χ3v) is 7.78. The lowest BCUT2D eigenvalue weighted by Crippen LogP contribution is -2.40. The Hall–Kier alpha value is -2.79. The highest BCUT2D eigenvalue weighted by Crippen LogP contribution is 2.35. The Morgan fingerprint density at radius 3 is 2.47 bits per heavy atom. The van der Waals surface area contributed by atoms with Crippen molar-refractivity contribution in [2.45, 2.75) is 84.1 Å². The van der Waals surface area contributed by atoms with E-state index >= 15 is 0 Å². The Morgan fingerprint density at radius 2 is 1.78 bits per heavy atom. The van der Waals surface area contributed by atoms with Crippen LogP contribution in [0, 0.1) is 0 Å². The lowest BCUT2D eigenvalue weighted by Gasteiger charge is -2.37. The molecular weight excluding hydrogens is 446 g/mol. The van der Waals surface area contributed by atoms with Crippen molar-refractivity contribution in [3.05, 3.63) is 59.8 Å². The molecule has 36 heavy (non-hydrogen) atoms. The Morgan fingerprint density at radius 1 is 1.03 bits per heavy atom. The number of unbranched alkanes of at least 4 members (excludes halogenated alkanes) is 3. The molecular formula is C31H43N3O2. The zero-order chi connectivity index (χ0) is 25.3. The van der Waals surface area contributed by atoms with E-state index in [0.717, 1.165) is 30.0 Å². The van der Waals surface area contributed by atoms with Crippen LogP contribution in [0.5, 0.6) is 5.75 Å². The monoisotopic (exact) mass is 489 g/mol. The summed E-state index contributed by atoms with van der Waals surface area (Å²) in [6.45, 7) is 9.86. The Kier molecular flexibility index (Phi) is 9.46. The molecule has 0 spiro atoms. The van der Waals surface area contributed by atoms with E-state index in [9.17, 15) is 4.79 Å². The summed E-state index contributed by atoms with van der Waals surface area (Å²) < 4.78 is 5.81. The first-order valence-electron chi connectivity index (χ1n) is 14.0. The maximum Gasteiger partial charge on any atom is 0.255 e. The number of rotatable bonds is 12. The number of carbonyl (C=O) groups is 1. The molecule has 194 valence electrons. The van der Waals surface area contributed by atoms with Crippen molar-refractivity contribution in [1.29, 1.82) is 0 Å². The Labute approximate surface area is 216 Å². The van der Waals surface area contributed by atoms with Gasteiger partial charge in [0.05, 0.1) is 6.61 Å². The van der Waals surface area contributed by atoms with E-state index in [0.29, 0.717) is 17.5 Å². The summed E-state index contributed by atoms with van der Waals surface area (Å²) in [4.78, 5) is 19.0. The van der Waals surface area contributed by atoms with Gasteiger partial charge in [-0.3, -0.25) is 4.79 Å². The first-order chi connectivity index (χ1) is 17.6. The summed E-state index contributed by atoms with van der Waals surface area (Å²) in [7, 11) is 0. The van der Waals surface area contributed by atoms with Gasteiger partial charge in [-0.05, 0) is 99.1 Å². The molecule has 1 aliphatic rings. The van der Waals surface area contributed by atoms with Crippen molar-refractivity contribution in [2.75, 3.05) is 25.0 Å². The molecule has 1 aliphatic heterocycles. The molecule has 0 unspecified atom stereocenters. The van der Waals surface area contributed by atoms with Crippen molar-refractivity contribution in [1.82, 2.24) is 9.88 Å². The smallest absolute Gasteiger partial charge is 0.255 e. The summed E-state index contributed by atoms with van der Waals surface area (Å²) in [6, 6.07) is 14.3. The maximum absolute atomic E-state index is 12.9. The fraction of sp³-hybridized carbons (Fsp3) is 0.516. The Bertz CT molecular complexity index is 1090. The van der Waals surface area contributed by atoms with Gasteiger partial charge < -0.3 is 19.9 Å². The van der Waals surface area contributed by atoms with Gasteiger partial charge in [-0.25, -0.2) is 0 Å². The molecule has 0 aliphatic carbocycles. The van der Waals surface area contributed by atoms with Crippen molar-refractivity contribution >= 4 is 22.5 Å². The molecule has 5 heteroatoms. The van der Waals surface area contributed by atoms with Crippen LogP contribution in [0.2, 0.25) is 0 Å². The molecule has 0 bridgehead atoms. The van der Waals surface area contributed by atoms with E-state index in [-0.39, 0.29) is 5.91 Å². The molecule has 2 N–H and O–H groups in total. The molecule has 3 aromatic rings. The second-order valence-electron chi connectivity index (χ2n) is 10.2. The minimum Gasteiger partial charge on any atom is -0.494 e. The maximum atomic E-state index is 12.9. The lowest BCUT2D eigenvalue weighted by atomic mass is 9.88. The number of anilines is 1. The van der Waals surface area contributed by atoms with Crippen LogP contribution in [0.15, 0.2) is 48.7 Å². The number of aromatic nitrogens is 1. The number of benzene rings is 2. The number of piperidine rings is 1. The van der Waals surface area contributed by atoms with Gasteiger partial charge in [-0.15, -0.1) is 0 Å². The van der Waals surface area contributed by atoms with Crippen LogP contribution >= 0.6 is 0 Å². The molecule has 0 saturated carbocycles. The molecule has 0 atom stereocenters. The Balaban J connectivity index is 1.36. The van der Waals surface area contributed by atoms with Crippen LogP contribution in [-0.4, -0.2) is 41.5 Å². The van der Waals surface area contributed by atoms with Gasteiger partial charge in [0.1, 0.15) is 5.75 Å². The van der Waals surface area contributed by atoms with Crippen LogP contribution in [0.3, 0.4) is 0 Å². The van der Waals surface area contributed by atoms with Crippen LogP contribution in [0.1, 0.15) is 94.0 Å². The highest BCUT2D eigenvalue weighted by Gasteiger charge is 2.25. The molecule has 2 aromatic carbocycles. The predicted octanol–water partition coefficient (Wildman–Crippen LogP) is 7.75. The summed E-state index contributed by atoms with van der Waals surface area (Å²) in [5.41, 5.74) is 3.98. The third kappa shape index (κ3) is 6.50. The number of H-pyrrole nitrogens is 1. The minimum atomic E-state index is -0.0978. The second-order valence-corrected chi connectivity index (χ2v) is 10.2. The van der Waals surface area contributed by atoms with E-state index < -0.39 is 0 Å². The van der Waals surface area contributed by atoms with E-state index in [1.54, 1.807) is 0 Å². The van der Waals surface area contributed by atoms with Gasteiger partial charge in [0.15, 0.2) is 0 Å². The van der Waals surface area contributed by atoms with E-state index in [1.165, 1.54) is 69.0 Å². The van der Waals surface area contributed by atoms with Crippen molar-refractivity contribution in [2.24, 2.45) is 0 Å². The number of hydrogen-bond donors (Lipinski definition) is 2. The number of likely N-dealkylation sites (tertiary alicyclic amines) is 1. The number of nitrogens with one attached hydrogen (secondary N) is 2. The molecule has 1 fully saturated rings. The fourth-order valence-corrected chi connectivity index (χ4v) is 5.56. The molecule has 0 radical (unpaired) electrons. The summed E-state index contributed by atoms with van der Waals surface area (Å²) in [5, 5.41) is 4.31. The van der Waals surface area contributed by atoms with Gasteiger partial charge in [-0.2, -0.15) is 0 Å². The number of hydrogen-bond acceptors (Lipinski definition) is 3. The first-order valence-corrected chi connectivity index (χ1v) is 14.0. The standard InChI is InChI=1S/C31H43N3O2/c1-4-7-8-9-20-36-27-13-10-24(11-14-27)31(35)33-25-12-15-30-28(21-25)29(22-32-30)23-16-18-34(19-17-23)26(5-2)6-3/h10-15,21-23,26,32H,4-9,16-20H2,1-3H3,(H,33,35). The molecule has 4 rings (SSSR count). The topological polar surface area (TPSA) is 57.4 Å². The average Bonchev–Trinajstić information content (AvgIpc) is 3.33. The minimum absolute atomic E-state index is 0.0978. The number of nitrogens with zero attached hydrogens (tertiary/aromatic N) is 1. The van der Waals surface area contributed by atoms with Gasteiger partial charge in [0, 0.05) is 34.4 Å². The molecule has 2 heterocycles. The second kappa shape index (κ2) is 13.0. The van der Waals surface area contributed by atoms with Gasteiger partial charge >= 0.3 is 0 Å². The highest BCUT2D eigenvalue weighted by atomic mass is 16.5. The zero-order valence-corrected chi connectivity index (χ0v) is 22.3. The summed E-state index contributed by atoms with van der Waals surface area (Å²) >= 11 is 0. The van der Waals surface area contributed by atoms with Crippen LogP contribution in [0.25, 0.3) is 10.9 Å². The largest absolute Gasteiger partial charge is 0.494 e. The van der Waals surface area contributed by atoms with Crippen LogP contribution in [0.4, 0.5) is 5.69 Å². The van der Waals surface area contributed by atoms with Crippen molar-refractivity contribution in [3.63, 3.8) is 0 Å². The van der Waals surface area contributed by atoms with Gasteiger partial charge in [-0.1, -0.05) is 40.0 Å². The number of carbonyl (C=O) groups excluding carboxylic acids is 1. The predicted molar refractivity (Wildman–Crippen MR) is 150 cm³/mol. The number of fused-ring (bicyclic) bond motifs is 1. The molecule has 1 amide bonds. The van der Waals surface area contributed by atoms with E-state index in [4.69, 9.17) is 4.74 Å². The molecule has 5 nitrogen and oxygen atoms in total. The highest BCUT2D eigenvalue weighted by molar-refractivity contribution is 6.05. The number of ether oxygens (including phenoxy) is 1. The summed E-state index contributed by atoms with van der Waals surface area (Å²) in [5.74, 6) is 1.28. The molecule has 1 aromatic heterocycles.